The smallest absolute Gasteiger partial charge is 0.299 e. The van der Waals surface area contributed by atoms with Gasteiger partial charge >= 0.3 is 0 Å². The Kier molecular flexibility index (Phi) is 2.95. The fourth-order valence-electron chi connectivity index (χ4n) is 2.32. The van der Waals surface area contributed by atoms with Crippen LogP contribution < -0.4 is 10.5 Å². The van der Waals surface area contributed by atoms with E-state index in [1.54, 1.807) is 42.6 Å². The summed E-state index contributed by atoms with van der Waals surface area (Å²) in [5.74, 6) is -1.02. The van der Waals surface area contributed by atoms with Crippen LogP contribution in [0.1, 0.15) is 10.4 Å². The first-order valence-electron chi connectivity index (χ1n) is 6.29. The van der Waals surface area contributed by atoms with Gasteiger partial charge in [-0.2, -0.15) is 0 Å². The average molecular weight is 268 g/mol. The highest BCUT2D eigenvalue weighted by Crippen LogP contribution is 2.28. The van der Waals surface area contributed by atoms with Crippen LogP contribution in [0.25, 0.3) is 0 Å². The van der Waals surface area contributed by atoms with Crippen LogP contribution in [0.15, 0.2) is 53.5 Å². The Morgan fingerprint density at radius 2 is 1.60 bits per heavy atom. The van der Waals surface area contributed by atoms with E-state index in [1.807, 2.05) is 0 Å². The van der Waals surface area contributed by atoms with Crippen molar-refractivity contribution in [1.82, 2.24) is 4.57 Å². The molecule has 0 radical (unpaired) electrons. The Morgan fingerprint density at radius 1 is 0.850 bits per heavy atom. The predicted octanol–water partition coefficient (Wildman–Crippen LogP) is 1.08. The third kappa shape index (κ3) is 1.93. The van der Waals surface area contributed by atoms with Gasteiger partial charge < -0.3 is 9.47 Å². The molecule has 5 nitrogen and oxygen atoms in total. The number of benzene rings is 1. The van der Waals surface area contributed by atoms with Crippen molar-refractivity contribution in [1.29, 1.82) is 0 Å². The molecule has 2 heterocycles. The highest BCUT2D eigenvalue weighted by atomic mass is 16.2. The van der Waals surface area contributed by atoms with Gasteiger partial charge in [0.1, 0.15) is 0 Å². The number of hydrogen-bond acceptors (Lipinski definition) is 3. The molecule has 0 bridgehead atoms. The molecule has 2 aromatic rings. The molecule has 1 aliphatic rings. The molecule has 0 N–H and O–H groups in total. The third-order valence-corrected chi connectivity index (χ3v) is 3.34. The molecule has 1 aromatic carbocycles. The predicted molar refractivity (Wildman–Crippen MR) is 73.8 cm³/mol. The molecule has 0 fully saturated rings. The van der Waals surface area contributed by atoms with Crippen molar-refractivity contribution in [2.75, 3.05) is 11.4 Å². The van der Waals surface area contributed by atoms with Gasteiger partial charge in [0.25, 0.3) is 17.2 Å². The van der Waals surface area contributed by atoms with Gasteiger partial charge in [-0.3, -0.25) is 14.4 Å². The normalized spacial score (nSPS) is 13.7. The van der Waals surface area contributed by atoms with Crippen molar-refractivity contribution in [2.45, 2.75) is 6.54 Å². The summed E-state index contributed by atoms with van der Waals surface area (Å²) < 4.78 is 1.51. The fourth-order valence-corrected chi connectivity index (χ4v) is 2.32. The number of amides is 1. The van der Waals surface area contributed by atoms with Crippen LogP contribution in [-0.2, 0) is 11.3 Å². The second-order valence-corrected chi connectivity index (χ2v) is 4.54. The number of rotatable bonds is 3. The number of para-hydroxylation sites is 1. The van der Waals surface area contributed by atoms with Crippen LogP contribution in [0.4, 0.5) is 5.69 Å². The topological polar surface area (TPSA) is 59.4 Å². The number of hydrogen-bond donors (Lipinski definition) is 0. The van der Waals surface area contributed by atoms with Gasteiger partial charge in [0.15, 0.2) is 0 Å². The molecular formula is C15H12N2O3. The van der Waals surface area contributed by atoms with Gasteiger partial charge in [-0.1, -0.05) is 18.2 Å². The van der Waals surface area contributed by atoms with E-state index in [-0.39, 0.29) is 5.56 Å². The zero-order chi connectivity index (χ0) is 14.1. The highest BCUT2D eigenvalue weighted by Gasteiger charge is 2.34. The monoisotopic (exact) mass is 268 g/mol. The molecule has 0 saturated heterocycles. The average Bonchev–Trinajstić information content (AvgIpc) is 2.71. The molecule has 1 amide bonds. The molecule has 100 valence electrons. The number of ketones is 1. The number of nitrogens with zero attached hydrogens (tertiary/aromatic N) is 2. The Hall–Kier alpha value is -2.69. The summed E-state index contributed by atoms with van der Waals surface area (Å²) in [6.45, 7) is 0.651. The molecule has 0 atom stereocenters. The first-order valence-corrected chi connectivity index (χ1v) is 6.29. The summed E-state index contributed by atoms with van der Waals surface area (Å²) in [5.41, 5.74) is 0.920. The van der Waals surface area contributed by atoms with E-state index in [9.17, 15) is 14.4 Å². The van der Waals surface area contributed by atoms with Gasteiger partial charge in [-0.15, -0.1) is 0 Å². The second-order valence-electron chi connectivity index (χ2n) is 4.54. The summed E-state index contributed by atoms with van der Waals surface area (Å²) in [7, 11) is 0. The van der Waals surface area contributed by atoms with Crippen LogP contribution in [0.2, 0.25) is 0 Å². The Morgan fingerprint density at radius 3 is 2.40 bits per heavy atom. The van der Waals surface area contributed by atoms with Gasteiger partial charge in [0, 0.05) is 25.4 Å². The maximum Gasteiger partial charge on any atom is 0.299 e. The van der Waals surface area contributed by atoms with Crippen LogP contribution >= 0.6 is 0 Å². The molecule has 1 aliphatic heterocycles. The zero-order valence-corrected chi connectivity index (χ0v) is 10.7. The summed E-state index contributed by atoms with van der Waals surface area (Å²) in [6.07, 6.45) is 1.66. The lowest BCUT2D eigenvalue weighted by Crippen LogP contribution is -2.34. The van der Waals surface area contributed by atoms with Crippen LogP contribution in [0.3, 0.4) is 0 Å². The van der Waals surface area contributed by atoms with E-state index < -0.39 is 11.7 Å². The molecule has 5 heteroatoms. The quantitative estimate of drug-likeness (QED) is 0.783. The Labute approximate surface area is 115 Å². The lowest BCUT2D eigenvalue weighted by molar-refractivity contribution is -0.114. The van der Waals surface area contributed by atoms with Crippen molar-refractivity contribution < 1.29 is 9.59 Å². The van der Waals surface area contributed by atoms with Crippen molar-refractivity contribution in [3.63, 3.8) is 0 Å². The van der Waals surface area contributed by atoms with Crippen LogP contribution in [0.5, 0.6) is 0 Å². The molecule has 3 rings (SSSR count). The summed E-state index contributed by atoms with van der Waals surface area (Å²) in [6, 6.07) is 11.8. The first kappa shape index (κ1) is 12.3. The largest absolute Gasteiger partial charge is 0.314 e. The van der Waals surface area contributed by atoms with E-state index in [0.717, 1.165) is 0 Å². The third-order valence-electron chi connectivity index (χ3n) is 3.34. The van der Waals surface area contributed by atoms with Gasteiger partial charge in [0.05, 0.1) is 11.3 Å². The van der Waals surface area contributed by atoms with Crippen LogP contribution in [-0.4, -0.2) is 22.8 Å². The van der Waals surface area contributed by atoms with E-state index in [4.69, 9.17) is 0 Å². The Bertz CT molecular complexity index is 749. The highest BCUT2D eigenvalue weighted by molar-refractivity contribution is 6.52. The minimum absolute atomic E-state index is 0.126. The number of anilines is 1. The van der Waals surface area contributed by atoms with Gasteiger partial charge in [-0.05, 0) is 18.2 Å². The van der Waals surface area contributed by atoms with E-state index in [2.05, 4.69) is 0 Å². The lowest BCUT2D eigenvalue weighted by Gasteiger charge is -2.16. The maximum absolute atomic E-state index is 12.0. The maximum atomic E-state index is 12.0. The Balaban J connectivity index is 1.85. The second kappa shape index (κ2) is 4.77. The number of Topliss-reactive ketones (excluding diaryl/α,β-unsaturated/α-hetero) is 1. The summed E-state index contributed by atoms with van der Waals surface area (Å²) in [4.78, 5) is 36.8. The van der Waals surface area contributed by atoms with Crippen molar-refractivity contribution in [2.24, 2.45) is 0 Å². The minimum atomic E-state index is -0.532. The van der Waals surface area contributed by atoms with Crippen molar-refractivity contribution in [3.05, 3.63) is 64.6 Å². The van der Waals surface area contributed by atoms with Gasteiger partial charge in [-0.25, -0.2) is 0 Å². The van der Waals surface area contributed by atoms with Crippen molar-refractivity contribution >= 4 is 17.4 Å². The molecule has 0 spiro atoms. The zero-order valence-electron chi connectivity index (χ0n) is 10.7. The molecule has 20 heavy (non-hydrogen) atoms. The molecule has 1 aromatic heterocycles. The molecule has 0 saturated carbocycles. The lowest BCUT2D eigenvalue weighted by atomic mass is 10.1. The van der Waals surface area contributed by atoms with E-state index in [1.165, 1.54) is 15.5 Å². The number of aromatic nitrogens is 1. The minimum Gasteiger partial charge on any atom is -0.314 e. The van der Waals surface area contributed by atoms with Gasteiger partial charge in [0.2, 0.25) is 0 Å². The number of pyridine rings is 1. The molecule has 0 unspecified atom stereocenters. The van der Waals surface area contributed by atoms with Crippen molar-refractivity contribution in [3.8, 4) is 0 Å². The fraction of sp³-hybridized carbons (Fsp3) is 0.133. The number of carbonyl (C=O) groups is 2. The molecular weight excluding hydrogens is 256 g/mol. The van der Waals surface area contributed by atoms with E-state index >= 15 is 0 Å². The summed E-state index contributed by atoms with van der Waals surface area (Å²) in [5, 5.41) is 0. The molecule has 0 aliphatic carbocycles. The SMILES string of the molecule is O=C1C(=O)N(CCn2ccccc2=O)c2ccccc21. The van der Waals surface area contributed by atoms with E-state index in [0.29, 0.717) is 24.3 Å². The summed E-state index contributed by atoms with van der Waals surface area (Å²) >= 11 is 0. The number of carbonyl (C=O) groups excluding carboxylic acids is 2. The van der Waals surface area contributed by atoms with Crippen LogP contribution in [0, 0.1) is 0 Å². The number of fused-ring (bicyclic) bond motifs is 1. The standard InChI is InChI=1S/C15H12N2O3/c18-13-7-3-4-8-16(13)9-10-17-12-6-2-1-5-11(12)14(19)15(17)20/h1-8H,9-10H2. The first-order chi connectivity index (χ1) is 9.68.